The Morgan fingerprint density at radius 1 is 1.00 bits per heavy atom. The standard InChI is InChI=1S/C23H19NO7/c1-14-12-18(25)21(22(26)30-2)20(16-10-6-7-11-17(16)24(28)29)19(14)23(27)31-13-15-8-4-3-5-9-15/h3-12,25H,13H2,1-2H3. The third-order valence-electron chi connectivity index (χ3n) is 4.68. The van der Waals surface area contributed by atoms with Crippen LogP contribution in [0.5, 0.6) is 5.75 Å². The molecular weight excluding hydrogens is 402 g/mol. The van der Waals surface area contributed by atoms with Gasteiger partial charge in [0, 0.05) is 11.6 Å². The highest BCUT2D eigenvalue weighted by molar-refractivity contribution is 6.09. The summed E-state index contributed by atoms with van der Waals surface area (Å²) in [5.41, 5.74) is 0.143. The van der Waals surface area contributed by atoms with Crippen LogP contribution in [-0.2, 0) is 16.1 Å². The lowest BCUT2D eigenvalue weighted by molar-refractivity contribution is -0.384. The number of nitro groups is 1. The average Bonchev–Trinajstić information content (AvgIpc) is 2.77. The van der Waals surface area contributed by atoms with Gasteiger partial charge in [-0.05, 0) is 30.2 Å². The first kappa shape index (κ1) is 21.5. The zero-order valence-electron chi connectivity index (χ0n) is 16.8. The molecule has 3 aromatic rings. The van der Waals surface area contributed by atoms with E-state index >= 15 is 0 Å². The van der Waals surface area contributed by atoms with Gasteiger partial charge in [0.15, 0.2) is 0 Å². The minimum absolute atomic E-state index is 0.0152. The van der Waals surface area contributed by atoms with E-state index in [9.17, 15) is 24.8 Å². The van der Waals surface area contributed by atoms with Gasteiger partial charge in [0.1, 0.15) is 17.9 Å². The molecule has 0 radical (unpaired) electrons. The topological polar surface area (TPSA) is 116 Å². The highest BCUT2D eigenvalue weighted by Crippen LogP contribution is 2.40. The summed E-state index contributed by atoms with van der Waals surface area (Å²) >= 11 is 0. The second-order valence-electron chi connectivity index (χ2n) is 6.67. The fourth-order valence-electron chi connectivity index (χ4n) is 3.28. The van der Waals surface area contributed by atoms with E-state index in [2.05, 4.69) is 0 Å². The number of methoxy groups -OCH3 is 1. The molecular formula is C23H19NO7. The Bertz CT molecular complexity index is 1160. The summed E-state index contributed by atoms with van der Waals surface area (Å²) in [6, 6.07) is 15.8. The number of carbonyl (C=O) groups excluding carboxylic acids is 2. The number of benzene rings is 3. The van der Waals surface area contributed by atoms with Crippen molar-refractivity contribution in [2.24, 2.45) is 0 Å². The molecule has 158 valence electrons. The van der Waals surface area contributed by atoms with Crippen molar-refractivity contribution in [3.05, 3.63) is 93.0 Å². The monoisotopic (exact) mass is 421 g/mol. The van der Waals surface area contributed by atoms with E-state index in [0.29, 0.717) is 0 Å². The molecule has 0 heterocycles. The van der Waals surface area contributed by atoms with Gasteiger partial charge in [0.2, 0.25) is 0 Å². The smallest absolute Gasteiger partial charge is 0.342 e. The van der Waals surface area contributed by atoms with Crippen LogP contribution in [0.25, 0.3) is 11.1 Å². The first-order chi connectivity index (χ1) is 14.8. The van der Waals surface area contributed by atoms with Crippen LogP contribution in [0, 0.1) is 17.0 Å². The van der Waals surface area contributed by atoms with Crippen LogP contribution in [0.1, 0.15) is 31.8 Å². The molecule has 1 N–H and O–H groups in total. The quantitative estimate of drug-likeness (QED) is 0.356. The fourth-order valence-corrected chi connectivity index (χ4v) is 3.28. The number of rotatable bonds is 6. The summed E-state index contributed by atoms with van der Waals surface area (Å²) < 4.78 is 10.2. The largest absolute Gasteiger partial charge is 0.507 e. The molecule has 0 atom stereocenters. The molecule has 0 aliphatic carbocycles. The van der Waals surface area contributed by atoms with Crippen molar-refractivity contribution >= 4 is 17.6 Å². The van der Waals surface area contributed by atoms with Gasteiger partial charge >= 0.3 is 11.9 Å². The van der Waals surface area contributed by atoms with Gasteiger partial charge in [0.25, 0.3) is 5.69 Å². The Hall–Kier alpha value is -4.20. The molecule has 0 spiro atoms. The van der Waals surface area contributed by atoms with Crippen molar-refractivity contribution in [3.8, 4) is 16.9 Å². The molecule has 0 unspecified atom stereocenters. The highest BCUT2D eigenvalue weighted by atomic mass is 16.6. The number of hydrogen-bond acceptors (Lipinski definition) is 7. The number of phenolic OH excluding ortho intramolecular Hbond substituents is 1. The minimum atomic E-state index is -0.942. The summed E-state index contributed by atoms with van der Waals surface area (Å²) in [6.45, 7) is 1.50. The Balaban J connectivity index is 2.22. The fraction of sp³-hybridized carbons (Fsp3) is 0.130. The SMILES string of the molecule is COC(=O)c1c(O)cc(C)c(C(=O)OCc2ccccc2)c1-c1ccccc1[N+](=O)[O-]. The summed E-state index contributed by atoms with van der Waals surface area (Å²) in [5.74, 6) is -2.19. The summed E-state index contributed by atoms with van der Waals surface area (Å²) in [7, 11) is 1.11. The van der Waals surface area contributed by atoms with Crippen molar-refractivity contribution in [2.75, 3.05) is 7.11 Å². The van der Waals surface area contributed by atoms with Crippen LogP contribution in [0.4, 0.5) is 5.69 Å². The van der Waals surface area contributed by atoms with Gasteiger partial charge in [0.05, 0.1) is 23.2 Å². The average molecular weight is 421 g/mol. The Labute approximate surface area is 177 Å². The van der Waals surface area contributed by atoms with E-state index in [1.807, 2.05) is 6.07 Å². The van der Waals surface area contributed by atoms with Crippen LogP contribution < -0.4 is 0 Å². The molecule has 0 fully saturated rings. The number of carbonyl (C=O) groups is 2. The predicted molar refractivity (Wildman–Crippen MR) is 112 cm³/mol. The number of esters is 2. The molecule has 3 aromatic carbocycles. The number of nitro benzene ring substituents is 1. The van der Waals surface area contributed by atoms with Crippen molar-refractivity contribution in [1.29, 1.82) is 0 Å². The van der Waals surface area contributed by atoms with E-state index in [4.69, 9.17) is 9.47 Å². The van der Waals surface area contributed by atoms with Crippen LogP contribution in [0.15, 0.2) is 60.7 Å². The lowest BCUT2D eigenvalue weighted by Gasteiger charge is -2.17. The van der Waals surface area contributed by atoms with Crippen molar-refractivity contribution in [1.82, 2.24) is 0 Å². The normalized spacial score (nSPS) is 10.4. The van der Waals surface area contributed by atoms with Gasteiger partial charge < -0.3 is 14.6 Å². The zero-order chi connectivity index (χ0) is 22.5. The minimum Gasteiger partial charge on any atom is -0.507 e. The summed E-state index contributed by atoms with van der Waals surface area (Å²) in [6.07, 6.45) is 0. The lowest BCUT2D eigenvalue weighted by atomic mass is 9.89. The van der Waals surface area contributed by atoms with E-state index in [-0.39, 0.29) is 40.1 Å². The third kappa shape index (κ3) is 4.37. The number of aryl methyl sites for hydroxylation is 1. The van der Waals surface area contributed by atoms with Crippen molar-refractivity contribution < 1.29 is 29.1 Å². The molecule has 3 rings (SSSR count). The maximum Gasteiger partial charge on any atom is 0.342 e. The first-order valence-corrected chi connectivity index (χ1v) is 9.24. The number of ether oxygens (including phenoxy) is 2. The molecule has 0 bridgehead atoms. The molecule has 0 aliphatic heterocycles. The maximum atomic E-state index is 13.1. The van der Waals surface area contributed by atoms with E-state index < -0.39 is 22.6 Å². The molecule has 0 aliphatic rings. The van der Waals surface area contributed by atoms with Gasteiger partial charge in [-0.25, -0.2) is 9.59 Å². The molecule has 0 amide bonds. The molecule has 31 heavy (non-hydrogen) atoms. The van der Waals surface area contributed by atoms with E-state index in [1.165, 1.54) is 37.3 Å². The van der Waals surface area contributed by atoms with Gasteiger partial charge in [-0.15, -0.1) is 0 Å². The molecule has 0 saturated carbocycles. The number of aromatic hydroxyl groups is 1. The summed E-state index contributed by atoms with van der Waals surface area (Å²) in [4.78, 5) is 36.5. The molecule has 8 nitrogen and oxygen atoms in total. The van der Waals surface area contributed by atoms with E-state index in [1.54, 1.807) is 24.3 Å². The Morgan fingerprint density at radius 3 is 2.29 bits per heavy atom. The third-order valence-corrected chi connectivity index (χ3v) is 4.68. The second-order valence-corrected chi connectivity index (χ2v) is 6.67. The zero-order valence-corrected chi connectivity index (χ0v) is 16.8. The molecule has 0 aromatic heterocycles. The van der Waals surface area contributed by atoms with Gasteiger partial charge in [-0.3, -0.25) is 10.1 Å². The van der Waals surface area contributed by atoms with Crippen LogP contribution in [-0.4, -0.2) is 29.1 Å². The predicted octanol–water partition coefficient (Wildman–Crippen LogP) is 4.42. The Morgan fingerprint density at radius 2 is 1.65 bits per heavy atom. The number of para-hydroxylation sites is 1. The van der Waals surface area contributed by atoms with Gasteiger partial charge in [-0.2, -0.15) is 0 Å². The van der Waals surface area contributed by atoms with Crippen LogP contribution in [0.3, 0.4) is 0 Å². The summed E-state index contributed by atoms with van der Waals surface area (Å²) in [5, 5.41) is 22.1. The second kappa shape index (κ2) is 9.08. The van der Waals surface area contributed by atoms with Crippen molar-refractivity contribution in [3.63, 3.8) is 0 Å². The highest BCUT2D eigenvalue weighted by Gasteiger charge is 2.31. The van der Waals surface area contributed by atoms with Crippen LogP contribution in [0.2, 0.25) is 0 Å². The molecule has 8 heteroatoms. The van der Waals surface area contributed by atoms with Crippen molar-refractivity contribution in [2.45, 2.75) is 13.5 Å². The first-order valence-electron chi connectivity index (χ1n) is 9.24. The number of hydrogen-bond donors (Lipinski definition) is 1. The maximum absolute atomic E-state index is 13.1. The van der Waals surface area contributed by atoms with E-state index in [0.717, 1.165) is 12.7 Å². The number of nitrogens with zero attached hydrogens (tertiary/aromatic N) is 1. The number of phenols is 1. The van der Waals surface area contributed by atoms with Gasteiger partial charge in [-0.1, -0.05) is 42.5 Å². The Kier molecular flexibility index (Phi) is 6.30. The lowest BCUT2D eigenvalue weighted by Crippen LogP contribution is -2.14. The van der Waals surface area contributed by atoms with Crippen LogP contribution >= 0.6 is 0 Å². The molecule has 0 saturated heterocycles.